The number of rotatable bonds is 3. The first kappa shape index (κ1) is 13.0. The predicted molar refractivity (Wildman–Crippen MR) is 58.3 cm³/mol. The standard InChI is InChI=1S/C12H7F3N2O2/c1-19-12-10(16-4-5-17-12)11(18)6-2-3-7(13)9(15)8(6)14/h2-5H,1H3. The Bertz CT molecular complexity index is 647. The monoisotopic (exact) mass is 268 g/mol. The Kier molecular flexibility index (Phi) is 3.46. The van der Waals surface area contributed by atoms with Crippen LogP contribution in [0.2, 0.25) is 0 Å². The lowest BCUT2D eigenvalue weighted by Crippen LogP contribution is -2.11. The van der Waals surface area contributed by atoms with Crippen LogP contribution in [0, 0.1) is 17.5 Å². The molecule has 2 aromatic rings. The topological polar surface area (TPSA) is 52.1 Å². The maximum Gasteiger partial charge on any atom is 0.243 e. The van der Waals surface area contributed by atoms with Crippen LogP contribution in [0.25, 0.3) is 0 Å². The molecule has 1 aromatic heterocycles. The molecule has 0 unspecified atom stereocenters. The Balaban J connectivity index is 2.54. The Hall–Kier alpha value is -2.44. The van der Waals surface area contributed by atoms with Gasteiger partial charge in [0.25, 0.3) is 0 Å². The van der Waals surface area contributed by atoms with E-state index in [-0.39, 0.29) is 11.6 Å². The van der Waals surface area contributed by atoms with Crippen molar-refractivity contribution in [2.24, 2.45) is 0 Å². The molecule has 0 amide bonds. The predicted octanol–water partition coefficient (Wildman–Crippen LogP) is 2.13. The van der Waals surface area contributed by atoms with E-state index in [0.29, 0.717) is 6.07 Å². The molecule has 0 aliphatic carbocycles. The molecule has 0 fully saturated rings. The average molecular weight is 268 g/mol. The number of methoxy groups -OCH3 is 1. The Morgan fingerprint density at radius 3 is 2.47 bits per heavy atom. The number of halogens is 3. The van der Waals surface area contributed by atoms with E-state index < -0.39 is 28.8 Å². The molecule has 1 aromatic carbocycles. The summed E-state index contributed by atoms with van der Waals surface area (Å²) in [7, 11) is 1.25. The van der Waals surface area contributed by atoms with Crippen LogP contribution in [-0.2, 0) is 0 Å². The molecule has 0 N–H and O–H groups in total. The molecule has 19 heavy (non-hydrogen) atoms. The lowest BCUT2D eigenvalue weighted by Gasteiger charge is -2.06. The largest absolute Gasteiger partial charge is 0.479 e. The van der Waals surface area contributed by atoms with Crippen LogP contribution in [0.5, 0.6) is 5.88 Å². The van der Waals surface area contributed by atoms with Crippen LogP contribution < -0.4 is 4.74 Å². The minimum absolute atomic E-state index is 0.128. The molecule has 7 heteroatoms. The summed E-state index contributed by atoms with van der Waals surface area (Å²) < 4.78 is 44.2. The van der Waals surface area contributed by atoms with Gasteiger partial charge in [0.15, 0.2) is 23.1 Å². The quantitative estimate of drug-likeness (QED) is 0.632. The normalized spacial score (nSPS) is 10.3. The first-order valence-electron chi connectivity index (χ1n) is 5.09. The van der Waals surface area contributed by atoms with Gasteiger partial charge in [-0.2, -0.15) is 0 Å². The third-order valence-corrected chi connectivity index (χ3v) is 2.35. The van der Waals surface area contributed by atoms with Crippen molar-refractivity contribution in [3.63, 3.8) is 0 Å². The van der Waals surface area contributed by atoms with Crippen molar-refractivity contribution in [1.82, 2.24) is 9.97 Å². The zero-order valence-electron chi connectivity index (χ0n) is 9.65. The maximum absolute atomic E-state index is 13.5. The number of aromatic nitrogens is 2. The fourth-order valence-corrected chi connectivity index (χ4v) is 1.46. The van der Waals surface area contributed by atoms with Gasteiger partial charge in [0.1, 0.15) is 0 Å². The second-order valence-corrected chi connectivity index (χ2v) is 3.47. The van der Waals surface area contributed by atoms with Crippen LogP contribution in [-0.4, -0.2) is 22.9 Å². The molecular weight excluding hydrogens is 261 g/mol. The SMILES string of the molecule is COc1nccnc1C(=O)c1ccc(F)c(F)c1F. The van der Waals surface area contributed by atoms with E-state index in [9.17, 15) is 18.0 Å². The van der Waals surface area contributed by atoms with Crippen LogP contribution in [0.15, 0.2) is 24.5 Å². The van der Waals surface area contributed by atoms with Gasteiger partial charge in [-0.25, -0.2) is 23.1 Å². The van der Waals surface area contributed by atoms with Gasteiger partial charge < -0.3 is 4.74 Å². The van der Waals surface area contributed by atoms with Gasteiger partial charge in [0.05, 0.1) is 12.7 Å². The summed E-state index contributed by atoms with van der Waals surface area (Å²) in [6, 6.07) is 1.50. The highest BCUT2D eigenvalue weighted by Gasteiger charge is 2.23. The molecule has 0 bridgehead atoms. The van der Waals surface area contributed by atoms with E-state index in [1.165, 1.54) is 19.5 Å². The number of carbonyl (C=O) groups is 1. The van der Waals surface area contributed by atoms with Gasteiger partial charge in [-0.1, -0.05) is 0 Å². The van der Waals surface area contributed by atoms with Crippen molar-refractivity contribution < 1.29 is 22.7 Å². The van der Waals surface area contributed by atoms with Crippen molar-refractivity contribution in [1.29, 1.82) is 0 Å². The van der Waals surface area contributed by atoms with E-state index >= 15 is 0 Å². The molecule has 98 valence electrons. The summed E-state index contributed by atoms with van der Waals surface area (Å²) >= 11 is 0. The van der Waals surface area contributed by atoms with Crippen LogP contribution >= 0.6 is 0 Å². The molecule has 0 atom stereocenters. The lowest BCUT2D eigenvalue weighted by atomic mass is 10.1. The summed E-state index contributed by atoms with van der Waals surface area (Å²) in [6.07, 6.45) is 2.48. The van der Waals surface area contributed by atoms with E-state index in [4.69, 9.17) is 4.74 Å². The number of ketones is 1. The zero-order chi connectivity index (χ0) is 14.0. The Labute approximate surface area is 105 Å². The second-order valence-electron chi connectivity index (χ2n) is 3.47. The van der Waals surface area contributed by atoms with E-state index in [0.717, 1.165) is 6.07 Å². The van der Waals surface area contributed by atoms with Crippen molar-refractivity contribution in [2.45, 2.75) is 0 Å². The molecular formula is C12H7F3N2O2. The van der Waals surface area contributed by atoms with Gasteiger partial charge in [-0.3, -0.25) is 4.79 Å². The van der Waals surface area contributed by atoms with Crippen LogP contribution in [0.1, 0.15) is 16.1 Å². The number of nitrogens with zero attached hydrogens (tertiary/aromatic N) is 2. The Morgan fingerprint density at radius 2 is 1.79 bits per heavy atom. The van der Waals surface area contributed by atoms with Gasteiger partial charge in [-0.05, 0) is 12.1 Å². The zero-order valence-corrected chi connectivity index (χ0v) is 9.65. The van der Waals surface area contributed by atoms with Gasteiger partial charge >= 0.3 is 0 Å². The molecule has 0 saturated heterocycles. The maximum atomic E-state index is 13.5. The lowest BCUT2D eigenvalue weighted by molar-refractivity contribution is 0.102. The smallest absolute Gasteiger partial charge is 0.243 e. The number of carbonyl (C=O) groups excluding carboxylic acids is 1. The van der Waals surface area contributed by atoms with E-state index in [1.54, 1.807) is 0 Å². The van der Waals surface area contributed by atoms with Gasteiger partial charge in [-0.15, -0.1) is 0 Å². The minimum atomic E-state index is -1.71. The van der Waals surface area contributed by atoms with Gasteiger partial charge in [0, 0.05) is 12.4 Å². The highest BCUT2D eigenvalue weighted by atomic mass is 19.2. The summed E-state index contributed by atoms with van der Waals surface area (Å²) in [5, 5.41) is 0. The third-order valence-electron chi connectivity index (χ3n) is 2.35. The fraction of sp³-hybridized carbons (Fsp3) is 0.0833. The highest BCUT2D eigenvalue weighted by Crippen LogP contribution is 2.21. The molecule has 2 rings (SSSR count). The summed E-state index contributed by atoms with van der Waals surface area (Å²) in [5.74, 6) is -5.73. The second kappa shape index (κ2) is 5.05. The summed E-state index contributed by atoms with van der Waals surface area (Å²) in [6.45, 7) is 0. The number of hydrogen-bond acceptors (Lipinski definition) is 4. The average Bonchev–Trinajstić information content (AvgIpc) is 2.44. The molecule has 0 saturated carbocycles. The van der Waals surface area contributed by atoms with Crippen molar-refractivity contribution in [3.8, 4) is 5.88 Å². The first-order valence-corrected chi connectivity index (χ1v) is 5.09. The van der Waals surface area contributed by atoms with Crippen LogP contribution in [0.4, 0.5) is 13.2 Å². The van der Waals surface area contributed by atoms with E-state index in [2.05, 4.69) is 9.97 Å². The van der Waals surface area contributed by atoms with Crippen LogP contribution in [0.3, 0.4) is 0 Å². The fourth-order valence-electron chi connectivity index (χ4n) is 1.46. The van der Waals surface area contributed by atoms with E-state index in [1.807, 2.05) is 0 Å². The van der Waals surface area contributed by atoms with Crippen molar-refractivity contribution in [3.05, 3.63) is 53.2 Å². The molecule has 4 nitrogen and oxygen atoms in total. The highest BCUT2D eigenvalue weighted by molar-refractivity contribution is 6.09. The van der Waals surface area contributed by atoms with Gasteiger partial charge in [0.2, 0.25) is 11.7 Å². The third kappa shape index (κ3) is 2.26. The molecule has 0 radical (unpaired) electrons. The number of benzene rings is 1. The first-order chi connectivity index (χ1) is 9.06. The Morgan fingerprint density at radius 1 is 1.11 bits per heavy atom. The number of ether oxygens (including phenoxy) is 1. The molecule has 0 aliphatic heterocycles. The number of hydrogen-bond donors (Lipinski definition) is 0. The molecule has 0 spiro atoms. The minimum Gasteiger partial charge on any atom is -0.479 e. The summed E-state index contributed by atoms with van der Waals surface area (Å²) in [5.41, 5.74) is -0.924. The van der Waals surface area contributed by atoms with Crippen molar-refractivity contribution >= 4 is 5.78 Å². The molecule has 0 aliphatic rings. The summed E-state index contributed by atoms with van der Waals surface area (Å²) in [4.78, 5) is 19.4. The molecule has 1 heterocycles. The van der Waals surface area contributed by atoms with Crippen molar-refractivity contribution in [2.75, 3.05) is 7.11 Å².